The molecule has 1 aliphatic rings. The molecule has 1 N–H and O–H groups in total. The molecular formula is C13H15F3N6O2. The molecule has 0 bridgehead atoms. The molecule has 0 aliphatic carbocycles. The van der Waals surface area contributed by atoms with Gasteiger partial charge in [-0.1, -0.05) is 0 Å². The third-order valence-electron chi connectivity index (χ3n) is 3.82. The third-order valence-corrected chi connectivity index (χ3v) is 3.82. The maximum Gasteiger partial charge on any atom is 0.433 e. The largest absolute Gasteiger partial charge is 0.453 e. The van der Waals surface area contributed by atoms with Crippen molar-refractivity contribution in [1.82, 2.24) is 24.5 Å². The predicted octanol–water partition coefficient (Wildman–Crippen LogP) is 1.79. The number of amides is 1. The monoisotopic (exact) mass is 344 g/mol. The highest BCUT2D eigenvalue weighted by molar-refractivity contribution is 5.67. The number of halogens is 3. The van der Waals surface area contributed by atoms with Crippen LogP contribution >= 0.6 is 0 Å². The van der Waals surface area contributed by atoms with E-state index in [4.69, 9.17) is 0 Å². The fourth-order valence-corrected chi connectivity index (χ4v) is 2.60. The van der Waals surface area contributed by atoms with Crippen molar-refractivity contribution in [2.24, 2.45) is 0 Å². The summed E-state index contributed by atoms with van der Waals surface area (Å²) in [5, 5.41) is 6.93. The van der Waals surface area contributed by atoms with Crippen LogP contribution in [-0.4, -0.2) is 56.8 Å². The number of ether oxygens (including phenoxy) is 1. The van der Waals surface area contributed by atoms with Crippen LogP contribution in [0.2, 0.25) is 0 Å². The van der Waals surface area contributed by atoms with Gasteiger partial charge in [0.2, 0.25) is 0 Å². The molecule has 0 saturated carbocycles. The van der Waals surface area contributed by atoms with Crippen LogP contribution in [-0.2, 0) is 10.9 Å². The zero-order chi connectivity index (χ0) is 17.3. The molecule has 0 radical (unpaired) electrons. The van der Waals surface area contributed by atoms with Gasteiger partial charge < -0.3 is 15.0 Å². The number of likely N-dealkylation sites (tertiary alicyclic amines) is 1. The first-order valence-corrected chi connectivity index (χ1v) is 7.26. The Morgan fingerprint density at radius 3 is 2.71 bits per heavy atom. The van der Waals surface area contributed by atoms with Crippen LogP contribution < -0.4 is 5.32 Å². The van der Waals surface area contributed by atoms with Crippen molar-refractivity contribution in [3.8, 4) is 0 Å². The zero-order valence-electron chi connectivity index (χ0n) is 12.7. The minimum Gasteiger partial charge on any atom is -0.453 e. The van der Waals surface area contributed by atoms with Crippen molar-refractivity contribution in [2.45, 2.75) is 25.1 Å². The van der Waals surface area contributed by atoms with E-state index in [1.807, 2.05) is 0 Å². The summed E-state index contributed by atoms with van der Waals surface area (Å²) in [5.74, 6) is 0.0423. The molecule has 0 atom stereocenters. The van der Waals surface area contributed by atoms with Crippen LogP contribution in [0, 0.1) is 0 Å². The van der Waals surface area contributed by atoms with Gasteiger partial charge in [0.05, 0.1) is 7.11 Å². The van der Waals surface area contributed by atoms with E-state index in [2.05, 4.69) is 25.1 Å². The summed E-state index contributed by atoms with van der Waals surface area (Å²) in [7, 11) is 1.31. The van der Waals surface area contributed by atoms with Gasteiger partial charge in [-0.2, -0.15) is 27.8 Å². The van der Waals surface area contributed by atoms with Gasteiger partial charge >= 0.3 is 12.3 Å². The van der Waals surface area contributed by atoms with Gasteiger partial charge in [-0.05, 0) is 12.8 Å². The Labute approximate surface area is 134 Å². The maximum absolute atomic E-state index is 13.0. The Morgan fingerprint density at radius 1 is 1.38 bits per heavy atom. The molecule has 8 nitrogen and oxygen atoms in total. The molecule has 3 rings (SSSR count). The van der Waals surface area contributed by atoms with E-state index in [1.54, 1.807) is 4.90 Å². The van der Waals surface area contributed by atoms with E-state index in [9.17, 15) is 18.0 Å². The van der Waals surface area contributed by atoms with E-state index in [-0.39, 0.29) is 17.6 Å². The zero-order valence-corrected chi connectivity index (χ0v) is 12.7. The van der Waals surface area contributed by atoms with Crippen LogP contribution in [0.3, 0.4) is 0 Å². The number of alkyl halides is 3. The molecule has 11 heteroatoms. The molecule has 0 unspecified atom stereocenters. The molecule has 1 saturated heterocycles. The smallest absolute Gasteiger partial charge is 0.433 e. The molecule has 0 spiro atoms. The van der Waals surface area contributed by atoms with E-state index >= 15 is 0 Å². The average molecular weight is 344 g/mol. The number of aromatic nitrogens is 4. The number of methoxy groups -OCH3 is 1. The second kappa shape index (κ2) is 6.13. The van der Waals surface area contributed by atoms with Gasteiger partial charge in [0, 0.05) is 25.2 Å². The third kappa shape index (κ3) is 3.19. The molecular weight excluding hydrogens is 329 g/mol. The normalized spacial score (nSPS) is 16.4. The van der Waals surface area contributed by atoms with Crippen molar-refractivity contribution in [3.05, 3.63) is 18.1 Å². The number of hydrogen-bond donors (Lipinski definition) is 1. The first kappa shape index (κ1) is 16.3. The number of nitrogens with zero attached hydrogens (tertiary/aromatic N) is 5. The van der Waals surface area contributed by atoms with Crippen molar-refractivity contribution < 1.29 is 22.7 Å². The Balaban J connectivity index is 1.78. The Bertz CT molecular complexity index is 739. The lowest BCUT2D eigenvalue weighted by Crippen LogP contribution is -2.42. The Kier molecular flexibility index (Phi) is 4.16. The van der Waals surface area contributed by atoms with Gasteiger partial charge in [0.1, 0.15) is 12.1 Å². The van der Waals surface area contributed by atoms with E-state index in [0.29, 0.717) is 25.9 Å². The second-order valence-corrected chi connectivity index (χ2v) is 5.37. The van der Waals surface area contributed by atoms with Crippen LogP contribution in [0.15, 0.2) is 12.4 Å². The summed E-state index contributed by atoms with van der Waals surface area (Å²) in [5.41, 5.74) is -1.03. The summed E-state index contributed by atoms with van der Waals surface area (Å²) < 4.78 is 44.7. The molecule has 1 aliphatic heterocycles. The first-order chi connectivity index (χ1) is 11.4. The standard InChI is InChI=1S/C13H15F3N6O2/c1-24-12(23)21-4-2-8(3-5-21)19-10-6-9(13(14,15)16)20-11-17-7-18-22(10)11/h6-8,19H,2-5H2,1H3. The summed E-state index contributed by atoms with van der Waals surface area (Å²) in [6.45, 7) is 0.921. The van der Waals surface area contributed by atoms with E-state index in [0.717, 1.165) is 12.4 Å². The quantitative estimate of drug-likeness (QED) is 0.894. The average Bonchev–Trinajstić information content (AvgIpc) is 3.03. The second-order valence-electron chi connectivity index (χ2n) is 5.37. The van der Waals surface area contributed by atoms with Crippen molar-refractivity contribution >= 4 is 17.7 Å². The molecule has 24 heavy (non-hydrogen) atoms. The molecule has 3 heterocycles. The van der Waals surface area contributed by atoms with E-state index in [1.165, 1.54) is 11.6 Å². The lowest BCUT2D eigenvalue weighted by molar-refractivity contribution is -0.141. The fourth-order valence-electron chi connectivity index (χ4n) is 2.60. The first-order valence-electron chi connectivity index (χ1n) is 7.26. The summed E-state index contributed by atoms with van der Waals surface area (Å²) in [6, 6.07) is 0.816. The number of carbonyl (C=O) groups excluding carboxylic acids is 1. The minimum atomic E-state index is -4.57. The van der Waals surface area contributed by atoms with Gasteiger partial charge in [-0.25, -0.2) is 9.78 Å². The Morgan fingerprint density at radius 2 is 2.08 bits per heavy atom. The number of anilines is 1. The van der Waals surface area contributed by atoms with E-state index < -0.39 is 18.0 Å². The number of hydrogen-bond acceptors (Lipinski definition) is 6. The highest BCUT2D eigenvalue weighted by atomic mass is 19.4. The van der Waals surface area contributed by atoms with Gasteiger partial charge in [-0.3, -0.25) is 0 Å². The summed E-state index contributed by atoms with van der Waals surface area (Å²) >= 11 is 0. The molecule has 130 valence electrons. The van der Waals surface area contributed by atoms with Gasteiger partial charge in [0.15, 0.2) is 5.69 Å². The molecule has 1 amide bonds. The summed E-state index contributed by atoms with van der Waals surface area (Å²) in [4.78, 5) is 20.2. The van der Waals surface area contributed by atoms with Crippen LogP contribution in [0.25, 0.3) is 5.78 Å². The van der Waals surface area contributed by atoms with Crippen molar-refractivity contribution in [1.29, 1.82) is 0 Å². The van der Waals surface area contributed by atoms with Crippen molar-refractivity contribution in [2.75, 3.05) is 25.5 Å². The SMILES string of the molecule is COC(=O)N1CCC(Nc2cc(C(F)(F)F)nc3ncnn23)CC1. The minimum absolute atomic E-state index is 0.0956. The number of piperidine rings is 1. The fraction of sp³-hybridized carbons (Fsp3) is 0.538. The van der Waals surface area contributed by atoms with Crippen molar-refractivity contribution in [3.63, 3.8) is 0 Å². The highest BCUT2D eigenvalue weighted by Gasteiger charge is 2.34. The predicted molar refractivity (Wildman–Crippen MR) is 76.4 cm³/mol. The number of nitrogens with one attached hydrogen (secondary N) is 1. The Hall–Kier alpha value is -2.59. The lowest BCUT2D eigenvalue weighted by Gasteiger charge is -2.31. The topological polar surface area (TPSA) is 84.6 Å². The molecule has 2 aromatic heterocycles. The van der Waals surface area contributed by atoms with Crippen LogP contribution in [0.4, 0.5) is 23.8 Å². The number of fused-ring (bicyclic) bond motifs is 1. The number of carbonyl (C=O) groups is 1. The van der Waals surface area contributed by atoms with Gasteiger partial charge in [0.25, 0.3) is 5.78 Å². The molecule has 0 aromatic carbocycles. The molecule has 1 fully saturated rings. The van der Waals surface area contributed by atoms with Crippen LogP contribution in [0.5, 0.6) is 0 Å². The maximum atomic E-state index is 13.0. The lowest BCUT2D eigenvalue weighted by atomic mass is 10.1. The number of rotatable bonds is 2. The molecule has 2 aromatic rings. The van der Waals surface area contributed by atoms with Crippen LogP contribution in [0.1, 0.15) is 18.5 Å². The summed E-state index contributed by atoms with van der Waals surface area (Å²) in [6.07, 6.45) is -2.68. The highest BCUT2D eigenvalue weighted by Crippen LogP contribution is 2.30. The van der Waals surface area contributed by atoms with Gasteiger partial charge in [-0.15, -0.1) is 0 Å².